The van der Waals surface area contributed by atoms with Crippen LogP contribution in [-0.4, -0.2) is 30.8 Å². The molecule has 2 rings (SSSR count). The third-order valence-electron chi connectivity index (χ3n) is 3.54. The minimum Gasteiger partial charge on any atom is -0.460 e. The van der Waals surface area contributed by atoms with Crippen molar-refractivity contribution in [2.45, 2.75) is 32.3 Å². The Bertz CT molecular complexity index is 490. The summed E-state index contributed by atoms with van der Waals surface area (Å²) in [5.74, 6) is 0.716. The van der Waals surface area contributed by atoms with Crippen LogP contribution in [0.5, 0.6) is 0 Å². The van der Waals surface area contributed by atoms with Crippen molar-refractivity contribution >= 4 is 17.6 Å². The lowest BCUT2D eigenvalue weighted by Gasteiger charge is -2.20. The Hall–Kier alpha value is -1.91. The summed E-state index contributed by atoms with van der Waals surface area (Å²) in [5.41, 5.74) is 0.887. The Labute approximate surface area is 118 Å². The van der Waals surface area contributed by atoms with E-state index in [4.69, 9.17) is 4.74 Å². The lowest BCUT2D eigenvalue weighted by Crippen LogP contribution is -2.24. The highest BCUT2D eigenvalue weighted by atomic mass is 16.5. The maximum Gasteiger partial charge on any atom is 0.309 e. The molecule has 1 saturated carbocycles. The van der Waals surface area contributed by atoms with Crippen molar-refractivity contribution < 1.29 is 14.3 Å². The van der Waals surface area contributed by atoms with Crippen LogP contribution in [0.1, 0.15) is 31.2 Å². The van der Waals surface area contributed by atoms with Crippen LogP contribution in [0, 0.1) is 5.92 Å². The zero-order valence-electron chi connectivity index (χ0n) is 12.0. The van der Waals surface area contributed by atoms with Gasteiger partial charge in [-0.3, -0.25) is 9.59 Å². The van der Waals surface area contributed by atoms with Gasteiger partial charge in [-0.05, 0) is 18.9 Å². The largest absolute Gasteiger partial charge is 0.460 e. The molecule has 1 heterocycles. The molecule has 0 aliphatic heterocycles. The van der Waals surface area contributed by atoms with E-state index in [1.807, 2.05) is 31.1 Å². The number of ether oxygens (including phenoxy) is 1. The molecular weight excluding hydrogens is 256 g/mol. The van der Waals surface area contributed by atoms with Gasteiger partial charge >= 0.3 is 5.97 Å². The summed E-state index contributed by atoms with van der Waals surface area (Å²) in [4.78, 5) is 29.3. The maximum absolute atomic E-state index is 12.0. The number of esters is 1. The second kappa shape index (κ2) is 6.50. The van der Waals surface area contributed by atoms with Crippen LogP contribution in [0.25, 0.3) is 0 Å². The summed E-state index contributed by atoms with van der Waals surface area (Å²) >= 11 is 0. The maximum atomic E-state index is 12.0. The number of pyridine rings is 1. The number of ketones is 1. The van der Waals surface area contributed by atoms with Crippen molar-refractivity contribution in [1.29, 1.82) is 0 Å². The molecular formula is C15H20N2O3. The van der Waals surface area contributed by atoms with Gasteiger partial charge in [0.1, 0.15) is 18.2 Å². The summed E-state index contributed by atoms with van der Waals surface area (Å²) in [7, 11) is 3.81. The van der Waals surface area contributed by atoms with Crippen molar-refractivity contribution in [2.24, 2.45) is 5.92 Å². The normalized spacial score (nSPS) is 16.0. The number of carbonyl (C=O) groups is 2. The van der Waals surface area contributed by atoms with Gasteiger partial charge in [0.2, 0.25) is 0 Å². The van der Waals surface area contributed by atoms with Crippen molar-refractivity contribution in [3.05, 3.63) is 23.9 Å². The molecule has 20 heavy (non-hydrogen) atoms. The topological polar surface area (TPSA) is 59.5 Å². The standard InChI is InChI=1S/C15H20N2O3/c1-17(2)14-12(4-3-9-16-14)10-20-15(19)11-5-7-13(18)8-6-11/h3-4,9,11H,5-8,10H2,1-2H3. The summed E-state index contributed by atoms with van der Waals surface area (Å²) in [6.45, 7) is 0.227. The highest BCUT2D eigenvalue weighted by Gasteiger charge is 2.26. The quantitative estimate of drug-likeness (QED) is 0.787. The van der Waals surface area contributed by atoms with E-state index in [9.17, 15) is 9.59 Å². The molecule has 1 aromatic rings. The fourth-order valence-electron chi connectivity index (χ4n) is 2.39. The first-order chi connectivity index (χ1) is 9.58. The molecule has 0 saturated heterocycles. The predicted octanol–water partition coefficient (Wildman–Crippen LogP) is 1.95. The van der Waals surface area contributed by atoms with Crippen LogP contribution in [0.4, 0.5) is 5.82 Å². The molecule has 0 atom stereocenters. The average molecular weight is 276 g/mol. The Kier molecular flexibility index (Phi) is 4.71. The molecule has 0 aromatic carbocycles. The van der Waals surface area contributed by atoms with Crippen molar-refractivity contribution in [1.82, 2.24) is 4.98 Å². The molecule has 0 radical (unpaired) electrons. The van der Waals surface area contributed by atoms with Gasteiger partial charge in [-0.1, -0.05) is 6.07 Å². The number of hydrogen-bond acceptors (Lipinski definition) is 5. The zero-order chi connectivity index (χ0) is 14.5. The smallest absolute Gasteiger partial charge is 0.309 e. The van der Waals surface area contributed by atoms with E-state index in [-0.39, 0.29) is 24.3 Å². The van der Waals surface area contributed by atoms with Gasteiger partial charge in [0.15, 0.2) is 0 Å². The van der Waals surface area contributed by atoms with Crippen LogP contribution in [-0.2, 0) is 20.9 Å². The lowest BCUT2D eigenvalue weighted by atomic mass is 9.88. The molecule has 5 nitrogen and oxygen atoms in total. The van der Waals surface area contributed by atoms with E-state index in [0.29, 0.717) is 25.7 Å². The van der Waals surface area contributed by atoms with E-state index in [2.05, 4.69) is 4.98 Å². The second-order valence-corrected chi connectivity index (χ2v) is 5.30. The van der Waals surface area contributed by atoms with Crippen LogP contribution in [0.2, 0.25) is 0 Å². The van der Waals surface area contributed by atoms with E-state index >= 15 is 0 Å². The first-order valence-electron chi connectivity index (χ1n) is 6.87. The number of rotatable bonds is 4. The number of carbonyl (C=O) groups excluding carboxylic acids is 2. The van der Waals surface area contributed by atoms with Crippen molar-refractivity contribution in [2.75, 3.05) is 19.0 Å². The second-order valence-electron chi connectivity index (χ2n) is 5.30. The first kappa shape index (κ1) is 14.5. The SMILES string of the molecule is CN(C)c1ncccc1COC(=O)C1CCC(=O)CC1. The van der Waals surface area contributed by atoms with Gasteiger partial charge in [-0.15, -0.1) is 0 Å². The van der Waals surface area contributed by atoms with E-state index in [1.54, 1.807) is 6.20 Å². The van der Waals surface area contributed by atoms with E-state index in [0.717, 1.165) is 11.4 Å². The fourth-order valence-corrected chi connectivity index (χ4v) is 2.39. The van der Waals surface area contributed by atoms with Gasteiger partial charge in [-0.25, -0.2) is 4.98 Å². The molecule has 108 valence electrons. The fraction of sp³-hybridized carbons (Fsp3) is 0.533. The number of Topliss-reactive ketones (excluding diaryl/α,β-unsaturated/α-hetero) is 1. The monoisotopic (exact) mass is 276 g/mol. The molecule has 1 aliphatic rings. The number of nitrogens with zero attached hydrogens (tertiary/aromatic N) is 2. The molecule has 5 heteroatoms. The molecule has 0 bridgehead atoms. The molecule has 0 spiro atoms. The van der Waals surface area contributed by atoms with Crippen LogP contribution < -0.4 is 4.90 Å². The van der Waals surface area contributed by atoms with Crippen LogP contribution in [0.15, 0.2) is 18.3 Å². The average Bonchev–Trinajstić information content (AvgIpc) is 2.45. The lowest BCUT2D eigenvalue weighted by molar-refractivity contribution is -0.151. The first-order valence-corrected chi connectivity index (χ1v) is 6.87. The molecule has 0 unspecified atom stereocenters. The van der Waals surface area contributed by atoms with Crippen molar-refractivity contribution in [3.8, 4) is 0 Å². The summed E-state index contributed by atoms with van der Waals surface area (Å²) in [5, 5.41) is 0. The Morgan fingerprint density at radius 2 is 2.10 bits per heavy atom. The summed E-state index contributed by atoms with van der Waals surface area (Å²) in [6, 6.07) is 3.73. The third-order valence-corrected chi connectivity index (χ3v) is 3.54. The number of aromatic nitrogens is 1. The third kappa shape index (κ3) is 3.56. The summed E-state index contributed by atoms with van der Waals surface area (Å²) < 4.78 is 5.38. The molecule has 0 N–H and O–H groups in total. The summed E-state index contributed by atoms with van der Waals surface area (Å²) in [6.07, 6.45) is 3.94. The van der Waals surface area contributed by atoms with Gasteiger partial charge < -0.3 is 9.64 Å². The molecule has 0 amide bonds. The minimum absolute atomic E-state index is 0.132. The Morgan fingerprint density at radius 1 is 1.40 bits per heavy atom. The van der Waals surface area contributed by atoms with E-state index < -0.39 is 0 Å². The van der Waals surface area contributed by atoms with Crippen LogP contribution >= 0.6 is 0 Å². The van der Waals surface area contributed by atoms with Gasteiger partial charge in [-0.2, -0.15) is 0 Å². The molecule has 1 fully saturated rings. The highest BCUT2D eigenvalue weighted by Crippen LogP contribution is 2.23. The number of anilines is 1. The molecule has 1 aliphatic carbocycles. The predicted molar refractivity (Wildman–Crippen MR) is 75.3 cm³/mol. The van der Waals surface area contributed by atoms with Crippen LogP contribution in [0.3, 0.4) is 0 Å². The Balaban J connectivity index is 1.92. The zero-order valence-corrected chi connectivity index (χ0v) is 12.0. The van der Waals surface area contributed by atoms with Gasteiger partial charge in [0, 0.05) is 38.7 Å². The highest BCUT2D eigenvalue weighted by molar-refractivity contribution is 5.82. The minimum atomic E-state index is -0.203. The van der Waals surface area contributed by atoms with E-state index in [1.165, 1.54) is 0 Å². The van der Waals surface area contributed by atoms with Crippen molar-refractivity contribution in [3.63, 3.8) is 0 Å². The van der Waals surface area contributed by atoms with Gasteiger partial charge in [0.05, 0.1) is 5.92 Å². The van der Waals surface area contributed by atoms with Gasteiger partial charge in [0.25, 0.3) is 0 Å². The Morgan fingerprint density at radius 3 is 2.75 bits per heavy atom. The number of hydrogen-bond donors (Lipinski definition) is 0. The molecule has 1 aromatic heterocycles.